The molecule has 6 nitrogen and oxygen atoms in total. The lowest BCUT2D eigenvalue weighted by Crippen LogP contribution is -2.32. The van der Waals surface area contributed by atoms with Gasteiger partial charge in [-0.2, -0.15) is 5.10 Å². The summed E-state index contributed by atoms with van der Waals surface area (Å²) in [5.41, 5.74) is 2.67. The quantitative estimate of drug-likeness (QED) is 0.707. The first kappa shape index (κ1) is 17.0. The van der Waals surface area contributed by atoms with Crippen LogP contribution in [0, 0.1) is 6.92 Å². The fourth-order valence-electron chi connectivity index (χ4n) is 2.47. The Labute approximate surface area is 150 Å². The van der Waals surface area contributed by atoms with Crippen LogP contribution in [0.4, 0.5) is 10.5 Å². The normalized spacial score (nSPS) is 10.5. The first-order valence-corrected chi connectivity index (χ1v) is 8.81. The molecule has 0 aliphatic carbocycles. The standard InChI is InChI=1S/C18H20N4O2S/c1-13-12-15(17-8-5-11-25-17)21-22(13)10-9-19-18(23)20-14-6-3-4-7-16(14)24-2/h3-8,11-12H,9-10H2,1-2H3,(H2,19,20,23). The number of anilines is 1. The maximum absolute atomic E-state index is 12.0. The number of carbonyl (C=O) groups is 1. The number of aryl methyl sites for hydroxylation is 1. The molecule has 0 saturated carbocycles. The van der Waals surface area contributed by atoms with Crippen LogP contribution in [-0.2, 0) is 6.54 Å². The number of carbonyl (C=O) groups excluding carboxylic acids is 1. The van der Waals surface area contributed by atoms with Gasteiger partial charge in [0, 0.05) is 12.2 Å². The largest absolute Gasteiger partial charge is 0.495 e. The van der Waals surface area contributed by atoms with E-state index in [4.69, 9.17) is 4.74 Å². The van der Waals surface area contributed by atoms with Crippen LogP contribution in [0.3, 0.4) is 0 Å². The zero-order valence-electron chi connectivity index (χ0n) is 14.2. The maximum Gasteiger partial charge on any atom is 0.319 e. The summed E-state index contributed by atoms with van der Waals surface area (Å²) in [7, 11) is 1.57. The molecule has 3 aromatic rings. The summed E-state index contributed by atoms with van der Waals surface area (Å²) in [6.07, 6.45) is 0. The molecule has 0 aliphatic rings. The Kier molecular flexibility index (Phi) is 5.35. The molecule has 0 unspecified atom stereocenters. The van der Waals surface area contributed by atoms with Crippen molar-refractivity contribution in [3.05, 3.63) is 53.5 Å². The predicted molar refractivity (Wildman–Crippen MR) is 100 cm³/mol. The molecule has 2 N–H and O–H groups in total. The van der Waals surface area contributed by atoms with Crippen LogP contribution in [-0.4, -0.2) is 29.5 Å². The molecule has 0 spiro atoms. The number of hydrogen-bond donors (Lipinski definition) is 2. The molecule has 2 aromatic heterocycles. The lowest BCUT2D eigenvalue weighted by atomic mass is 10.3. The second-order valence-corrected chi connectivity index (χ2v) is 6.40. The highest BCUT2D eigenvalue weighted by molar-refractivity contribution is 7.13. The van der Waals surface area contributed by atoms with E-state index in [9.17, 15) is 4.79 Å². The van der Waals surface area contributed by atoms with Gasteiger partial charge in [0.1, 0.15) is 11.4 Å². The minimum absolute atomic E-state index is 0.271. The number of nitrogens with one attached hydrogen (secondary N) is 2. The number of ether oxygens (including phenoxy) is 1. The topological polar surface area (TPSA) is 68.2 Å². The van der Waals surface area contributed by atoms with E-state index in [-0.39, 0.29) is 6.03 Å². The predicted octanol–water partition coefficient (Wildman–Crippen LogP) is 3.75. The molecular formula is C18H20N4O2S. The Balaban J connectivity index is 1.53. The molecule has 7 heteroatoms. The van der Waals surface area contributed by atoms with Gasteiger partial charge in [-0.05, 0) is 36.6 Å². The molecule has 1 aromatic carbocycles. The fourth-order valence-corrected chi connectivity index (χ4v) is 3.15. The monoisotopic (exact) mass is 356 g/mol. The number of benzene rings is 1. The van der Waals surface area contributed by atoms with Crippen molar-refractivity contribution < 1.29 is 9.53 Å². The molecular weight excluding hydrogens is 336 g/mol. The number of amides is 2. The van der Waals surface area contributed by atoms with E-state index in [1.165, 1.54) is 0 Å². The zero-order valence-corrected chi connectivity index (χ0v) is 15.0. The molecule has 0 saturated heterocycles. The first-order chi connectivity index (χ1) is 12.2. The van der Waals surface area contributed by atoms with Crippen LogP contribution in [0.1, 0.15) is 5.69 Å². The van der Waals surface area contributed by atoms with Gasteiger partial charge in [0.2, 0.25) is 0 Å². The number of para-hydroxylation sites is 2. The van der Waals surface area contributed by atoms with E-state index in [1.54, 1.807) is 30.6 Å². The lowest BCUT2D eigenvalue weighted by molar-refractivity contribution is 0.251. The summed E-state index contributed by atoms with van der Waals surface area (Å²) in [6.45, 7) is 3.10. The number of hydrogen-bond acceptors (Lipinski definition) is 4. The molecule has 0 radical (unpaired) electrons. The maximum atomic E-state index is 12.0. The molecule has 0 bridgehead atoms. The van der Waals surface area contributed by atoms with Crippen LogP contribution in [0.5, 0.6) is 5.75 Å². The number of aromatic nitrogens is 2. The second-order valence-electron chi connectivity index (χ2n) is 5.45. The fraction of sp³-hybridized carbons (Fsp3) is 0.222. The molecule has 2 heterocycles. The van der Waals surface area contributed by atoms with E-state index in [0.29, 0.717) is 24.5 Å². The number of nitrogens with zero attached hydrogens (tertiary/aromatic N) is 2. The average molecular weight is 356 g/mol. The summed E-state index contributed by atoms with van der Waals surface area (Å²) in [5.74, 6) is 0.626. The van der Waals surface area contributed by atoms with Gasteiger partial charge in [-0.15, -0.1) is 11.3 Å². The van der Waals surface area contributed by atoms with Gasteiger partial charge in [0.25, 0.3) is 0 Å². The van der Waals surface area contributed by atoms with Gasteiger partial charge in [0.15, 0.2) is 0 Å². The minimum atomic E-state index is -0.271. The lowest BCUT2D eigenvalue weighted by Gasteiger charge is -2.11. The molecule has 2 amide bonds. The van der Waals surface area contributed by atoms with Gasteiger partial charge in [-0.1, -0.05) is 18.2 Å². The van der Waals surface area contributed by atoms with Crippen molar-refractivity contribution in [2.45, 2.75) is 13.5 Å². The Hall–Kier alpha value is -2.80. The second kappa shape index (κ2) is 7.85. The third-order valence-electron chi connectivity index (χ3n) is 3.72. The van der Waals surface area contributed by atoms with Crippen LogP contribution in [0.15, 0.2) is 47.8 Å². The van der Waals surface area contributed by atoms with E-state index in [0.717, 1.165) is 16.3 Å². The van der Waals surface area contributed by atoms with Crippen molar-refractivity contribution in [3.63, 3.8) is 0 Å². The number of rotatable bonds is 6. The average Bonchev–Trinajstić information content (AvgIpc) is 3.25. The summed E-state index contributed by atoms with van der Waals surface area (Å²) in [5, 5.41) is 12.3. The Morgan fingerprint density at radius 3 is 2.88 bits per heavy atom. The van der Waals surface area contributed by atoms with Crippen molar-refractivity contribution in [2.24, 2.45) is 0 Å². The van der Waals surface area contributed by atoms with Gasteiger partial charge in [0.05, 0.1) is 24.2 Å². The Bertz CT molecular complexity index is 843. The highest BCUT2D eigenvalue weighted by atomic mass is 32.1. The molecule has 130 valence electrons. The third-order valence-corrected chi connectivity index (χ3v) is 4.61. The van der Waals surface area contributed by atoms with E-state index in [2.05, 4.69) is 27.9 Å². The number of urea groups is 1. The Morgan fingerprint density at radius 2 is 2.12 bits per heavy atom. The van der Waals surface area contributed by atoms with E-state index >= 15 is 0 Å². The molecule has 0 fully saturated rings. The van der Waals surface area contributed by atoms with Crippen LogP contribution >= 0.6 is 11.3 Å². The summed E-state index contributed by atoms with van der Waals surface area (Å²) in [4.78, 5) is 13.2. The van der Waals surface area contributed by atoms with Crippen LogP contribution < -0.4 is 15.4 Å². The summed E-state index contributed by atoms with van der Waals surface area (Å²) >= 11 is 1.66. The van der Waals surface area contributed by atoms with Gasteiger partial charge < -0.3 is 15.4 Å². The van der Waals surface area contributed by atoms with Crippen molar-refractivity contribution in [1.29, 1.82) is 0 Å². The minimum Gasteiger partial charge on any atom is -0.495 e. The molecule has 0 aliphatic heterocycles. The molecule has 25 heavy (non-hydrogen) atoms. The molecule has 3 rings (SSSR count). The number of methoxy groups -OCH3 is 1. The van der Waals surface area contributed by atoms with Gasteiger partial charge in [-0.3, -0.25) is 4.68 Å². The smallest absolute Gasteiger partial charge is 0.319 e. The highest BCUT2D eigenvalue weighted by Gasteiger charge is 2.09. The zero-order chi connectivity index (χ0) is 17.6. The van der Waals surface area contributed by atoms with Crippen molar-refractivity contribution >= 4 is 23.1 Å². The van der Waals surface area contributed by atoms with Gasteiger partial charge in [-0.25, -0.2) is 4.79 Å². The van der Waals surface area contributed by atoms with E-state index in [1.807, 2.05) is 35.2 Å². The summed E-state index contributed by atoms with van der Waals surface area (Å²) < 4.78 is 7.12. The SMILES string of the molecule is COc1ccccc1NC(=O)NCCn1nc(-c2cccs2)cc1C. The Morgan fingerprint density at radius 1 is 1.28 bits per heavy atom. The van der Waals surface area contributed by atoms with Crippen molar-refractivity contribution in [3.8, 4) is 16.3 Å². The highest BCUT2D eigenvalue weighted by Crippen LogP contribution is 2.24. The van der Waals surface area contributed by atoms with E-state index < -0.39 is 0 Å². The first-order valence-electron chi connectivity index (χ1n) is 7.93. The van der Waals surface area contributed by atoms with Crippen molar-refractivity contribution in [2.75, 3.05) is 19.0 Å². The third kappa shape index (κ3) is 4.19. The summed E-state index contributed by atoms with van der Waals surface area (Å²) in [6, 6.07) is 13.1. The van der Waals surface area contributed by atoms with Crippen molar-refractivity contribution in [1.82, 2.24) is 15.1 Å². The van der Waals surface area contributed by atoms with Crippen LogP contribution in [0.2, 0.25) is 0 Å². The van der Waals surface area contributed by atoms with Gasteiger partial charge >= 0.3 is 6.03 Å². The molecule has 0 atom stereocenters. The number of thiophene rings is 1. The van der Waals surface area contributed by atoms with Crippen LogP contribution in [0.25, 0.3) is 10.6 Å².